The number of carbonyl (C=O) groups is 2. The van der Waals surface area contributed by atoms with Gasteiger partial charge in [-0.05, 0) is 51.4 Å². The van der Waals surface area contributed by atoms with Gasteiger partial charge in [0.1, 0.15) is 6.61 Å². The molecule has 306 valence electrons. The monoisotopic (exact) mass is 733 g/mol. The highest BCUT2D eigenvalue weighted by Gasteiger charge is 2.17. The van der Waals surface area contributed by atoms with Gasteiger partial charge in [-0.1, -0.05) is 199 Å². The van der Waals surface area contributed by atoms with Gasteiger partial charge in [-0.25, -0.2) is 0 Å². The Balaban J connectivity index is 4.11. The summed E-state index contributed by atoms with van der Waals surface area (Å²) in [6.45, 7) is 7.77. The Labute approximate surface area is 324 Å². The lowest BCUT2D eigenvalue weighted by Crippen LogP contribution is -2.30. The molecule has 0 aromatic rings. The van der Waals surface area contributed by atoms with Gasteiger partial charge in [0.2, 0.25) is 0 Å². The highest BCUT2D eigenvalue weighted by atomic mass is 16.6. The van der Waals surface area contributed by atoms with Crippen LogP contribution < -0.4 is 0 Å². The first-order valence-corrected chi connectivity index (χ1v) is 22.9. The molecule has 0 heterocycles. The minimum Gasteiger partial charge on any atom is -0.462 e. The first-order valence-electron chi connectivity index (χ1n) is 22.9. The van der Waals surface area contributed by atoms with Crippen molar-refractivity contribution >= 4 is 11.9 Å². The van der Waals surface area contributed by atoms with Crippen LogP contribution in [-0.2, 0) is 23.8 Å². The fraction of sp³-hybridized carbons (Fsp3) is 0.872. The third-order valence-electron chi connectivity index (χ3n) is 9.99. The van der Waals surface area contributed by atoms with E-state index in [9.17, 15) is 9.59 Å². The van der Waals surface area contributed by atoms with Gasteiger partial charge in [0.25, 0.3) is 0 Å². The van der Waals surface area contributed by atoms with Gasteiger partial charge in [-0.15, -0.1) is 0 Å². The molecule has 0 radical (unpaired) electrons. The molecule has 0 saturated heterocycles. The Morgan fingerprint density at radius 1 is 0.423 bits per heavy atom. The number of unbranched alkanes of at least 4 members (excludes halogenated alkanes) is 27. The highest BCUT2D eigenvalue weighted by Crippen LogP contribution is 2.14. The zero-order chi connectivity index (χ0) is 37.8. The van der Waals surface area contributed by atoms with Crippen LogP contribution in [0.1, 0.15) is 239 Å². The molecule has 0 N–H and O–H groups in total. The minimum absolute atomic E-state index is 0.0889. The van der Waals surface area contributed by atoms with Crippen LogP contribution in [0.15, 0.2) is 24.3 Å². The van der Waals surface area contributed by atoms with Crippen LogP contribution in [0.25, 0.3) is 0 Å². The fourth-order valence-corrected chi connectivity index (χ4v) is 6.54. The second-order valence-corrected chi connectivity index (χ2v) is 15.3. The van der Waals surface area contributed by atoms with Gasteiger partial charge in [0.15, 0.2) is 6.10 Å². The van der Waals surface area contributed by atoms with Gasteiger partial charge in [-0.3, -0.25) is 9.59 Å². The van der Waals surface area contributed by atoms with Crippen molar-refractivity contribution in [1.29, 1.82) is 0 Å². The van der Waals surface area contributed by atoms with Crippen LogP contribution in [0, 0.1) is 0 Å². The third-order valence-corrected chi connectivity index (χ3v) is 9.99. The molecule has 1 unspecified atom stereocenters. The van der Waals surface area contributed by atoms with Crippen molar-refractivity contribution in [2.45, 2.75) is 245 Å². The predicted molar refractivity (Wildman–Crippen MR) is 224 cm³/mol. The number of carbonyl (C=O) groups excluding carboxylic acids is 2. The maximum Gasteiger partial charge on any atom is 0.306 e. The minimum atomic E-state index is -0.528. The highest BCUT2D eigenvalue weighted by molar-refractivity contribution is 5.70. The first-order chi connectivity index (χ1) is 25.6. The van der Waals surface area contributed by atoms with Gasteiger partial charge in [0.05, 0.1) is 6.61 Å². The summed E-state index contributed by atoms with van der Waals surface area (Å²) in [6, 6.07) is 0. The van der Waals surface area contributed by atoms with Crippen LogP contribution in [-0.4, -0.2) is 37.9 Å². The molecule has 0 aromatic heterocycles. The molecular formula is C47H88O5. The zero-order valence-corrected chi connectivity index (χ0v) is 35.1. The Kier molecular flexibility index (Phi) is 42.4. The molecule has 0 aliphatic heterocycles. The van der Waals surface area contributed by atoms with Crippen molar-refractivity contribution < 1.29 is 23.8 Å². The van der Waals surface area contributed by atoms with E-state index in [2.05, 4.69) is 45.1 Å². The predicted octanol–water partition coefficient (Wildman–Crippen LogP) is 14.9. The number of hydrogen-bond acceptors (Lipinski definition) is 5. The van der Waals surface area contributed by atoms with Crippen molar-refractivity contribution in [3.63, 3.8) is 0 Å². The van der Waals surface area contributed by atoms with Crippen molar-refractivity contribution in [2.75, 3.05) is 19.8 Å². The average Bonchev–Trinajstić information content (AvgIpc) is 3.14. The molecule has 0 fully saturated rings. The standard InChI is InChI=1S/C47H88O5/c1-4-7-10-13-16-18-20-21-22-23-24-25-26-28-30-33-36-39-42-50-43-45(52-47(49)41-38-35-31-15-12-9-6-3)44-51-46(48)40-37-34-32-29-27-19-17-14-11-8-5-2/h16,18,21-22,45H,4-15,17,19-20,23-44H2,1-3H3/b18-16-,22-21-. The lowest BCUT2D eigenvalue weighted by atomic mass is 10.1. The van der Waals surface area contributed by atoms with E-state index in [1.54, 1.807) is 0 Å². The van der Waals surface area contributed by atoms with Crippen LogP contribution >= 0.6 is 0 Å². The smallest absolute Gasteiger partial charge is 0.306 e. The molecule has 5 nitrogen and oxygen atoms in total. The quantitative estimate of drug-likeness (QED) is 0.0355. The SMILES string of the molecule is CCCCC/C=C\C/C=C\CCCCCCCCCCOCC(COC(=O)CCCCCCCCCCCCC)OC(=O)CCCCCCCCC. The summed E-state index contributed by atoms with van der Waals surface area (Å²) in [5.74, 6) is -0.397. The second-order valence-electron chi connectivity index (χ2n) is 15.3. The summed E-state index contributed by atoms with van der Waals surface area (Å²) < 4.78 is 17.3. The summed E-state index contributed by atoms with van der Waals surface area (Å²) in [5, 5.41) is 0. The maximum absolute atomic E-state index is 12.6. The van der Waals surface area contributed by atoms with Crippen molar-refractivity contribution in [2.24, 2.45) is 0 Å². The molecule has 0 aliphatic rings. The molecule has 52 heavy (non-hydrogen) atoms. The van der Waals surface area contributed by atoms with Gasteiger partial charge >= 0.3 is 11.9 Å². The van der Waals surface area contributed by atoms with Crippen LogP contribution in [0.5, 0.6) is 0 Å². The summed E-state index contributed by atoms with van der Waals surface area (Å²) >= 11 is 0. The molecular weight excluding hydrogens is 645 g/mol. The van der Waals surface area contributed by atoms with E-state index in [0.717, 1.165) is 44.9 Å². The summed E-state index contributed by atoms with van der Waals surface area (Å²) in [4.78, 5) is 25.1. The van der Waals surface area contributed by atoms with E-state index in [4.69, 9.17) is 14.2 Å². The van der Waals surface area contributed by atoms with E-state index >= 15 is 0 Å². The summed E-state index contributed by atoms with van der Waals surface area (Å²) in [6.07, 6.45) is 49.0. The Hall–Kier alpha value is -1.62. The summed E-state index contributed by atoms with van der Waals surface area (Å²) in [5.41, 5.74) is 0. The lowest BCUT2D eigenvalue weighted by molar-refractivity contribution is -0.163. The van der Waals surface area contributed by atoms with E-state index in [1.807, 2.05) is 0 Å². The maximum atomic E-state index is 12.6. The molecule has 0 saturated carbocycles. The van der Waals surface area contributed by atoms with E-state index in [1.165, 1.54) is 161 Å². The number of esters is 2. The van der Waals surface area contributed by atoms with E-state index in [-0.39, 0.29) is 25.2 Å². The topological polar surface area (TPSA) is 61.8 Å². The third kappa shape index (κ3) is 41.1. The first kappa shape index (κ1) is 50.4. The average molecular weight is 733 g/mol. The van der Waals surface area contributed by atoms with Gasteiger partial charge in [-0.2, -0.15) is 0 Å². The van der Waals surface area contributed by atoms with Crippen molar-refractivity contribution in [1.82, 2.24) is 0 Å². The van der Waals surface area contributed by atoms with Gasteiger partial charge in [0, 0.05) is 19.4 Å². The van der Waals surface area contributed by atoms with Gasteiger partial charge < -0.3 is 14.2 Å². The molecule has 0 spiro atoms. The number of allylic oxidation sites excluding steroid dienone is 4. The molecule has 5 heteroatoms. The van der Waals surface area contributed by atoms with Crippen molar-refractivity contribution in [3.05, 3.63) is 24.3 Å². The molecule has 0 aromatic carbocycles. The number of hydrogen-bond donors (Lipinski definition) is 0. The number of rotatable bonds is 42. The molecule has 0 aliphatic carbocycles. The lowest BCUT2D eigenvalue weighted by Gasteiger charge is -2.18. The second kappa shape index (κ2) is 43.8. The Morgan fingerprint density at radius 3 is 1.31 bits per heavy atom. The molecule has 0 rings (SSSR count). The fourth-order valence-electron chi connectivity index (χ4n) is 6.54. The molecule has 1 atom stereocenters. The molecule has 0 amide bonds. The largest absolute Gasteiger partial charge is 0.462 e. The van der Waals surface area contributed by atoms with Crippen molar-refractivity contribution in [3.8, 4) is 0 Å². The van der Waals surface area contributed by atoms with E-state index < -0.39 is 6.10 Å². The Morgan fingerprint density at radius 2 is 0.808 bits per heavy atom. The normalized spacial score (nSPS) is 12.3. The summed E-state index contributed by atoms with van der Waals surface area (Å²) in [7, 11) is 0. The van der Waals surface area contributed by atoms with Crippen LogP contribution in [0.4, 0.5) is 0 Å². The zero-order valence-electron chi connectivity index (χ0n) is 35.1. The number of ether oxygens (including phenoxy) is 3. The molecule has 0 bridgehead atoms. The van der Waals surface area contributed by atoms with E-state index in [0.29, 0.717) is 19.4 Å². The Bertz CT molecular complexity index is 791. The van der Waals surface area contributed by atoms with Crippen LogP contribution in [0.3, 0.4) is 0 Å². The van der Waals surface area contributed by atoms with Crippen LogP contribution in [0.2, 0.25) is 0 Å².